The lowest BCUT2D eigenvalue weighted by Gasteiger charge is -2.33. The number of sulfonamides is 1. The van der Waals surface area contributed by atoms with E-state index < -0.39 is 15.8 Å². The van der Waals surface area contributed by atoms with E-state index in [1.807, 2.05) is 0 Å². The molecule has 26 heavy (non-hydrogen) atoms. The van der Waals surface area contributed by atoms with Crippen LogP contribution in [0.2, 0.25) is 0 Å². The minimum Gasteiger partial charge on any atom is -0.355 e. The summed E-state index contributed by atoms with van der Waals surface area (Å²) in [4.78, 5) is 12.4. The summed E-state index contributed by atoms with van der Waals surface area (Å²) >= 11 is 0. The van der Waals surface area contributed by atoms with E-state index in [-0.39, 0.29) is 23.4 Å². The summed E-state index contributed by atoms with van der Waals surface area (Å²) in [5.74, 6) is -0.311. The number of nitrogens with one attached hydrogen (secondary N) is 1. The molecule has 7 heteroatoms. The maximum Gasteiger partial charge on any atom is 0.243 e. The standard InChI is InChI=1S/C19H29FN2O3S/c1-15(2)12-13-21-19(23)14-22(17-6-4-3-5-7-17)26(24,25)18-10-8-16(20)9-11-18/h8-11,15,17H,3-7,12-14H2,1-2H3,(H,21,23). The Balaban J connectivity index is 2.17. The van der Waals surface area contributed by atoms with Crippen LogP contribution in [0.1, 0.15) is 52.4 Å². The number of nitrogens with zero attached hydrogens (tertiary/aromatic N) is 1. The minimum absolute atomic E-state index is 0.0273. The molecule has 1 aromatic rings. The Labute approximate surface area is 156 Å². The van der Waals surface area contributed by atoms with Crippen LogP contribution in [-0.2, 0) is 14.8 Å². The Bertz CT molecular complexity index is 683. The molecular formula is C19H29FN2O3S. The number of halogens is 1. The van der Waals surface area contributed by atoms with Gasteiger partial charge in [0.15, 0.2) is 0 Å². The van der Waals surface area contributed by atoms with Crippen molar-refractivity contribution in [1.82, 2.24) is 9.62 Å². The molecule has 1 amide bonds. The number of amides is 1. The van der Waals surface area contributed by atoms with E-state index >= 15 is 0 Å². The number of hydrogen-bond donors (Lipinski definition) is 1. The van der Waals surface area contributed by atoms with Gasteiger partial charge < -0.3 is 5.32 Å². The molecule has 1 aliphatic carbocycles. The van der Waals surface area contributed by atoms with Gasteiger partial charge >= 0.3 is 0 Å². The van der Waals surface area contributed by atoms with Gasteiger partial charge in [0.25, 0.3) is 0 Å². The third-order valence-corrected chi connectivity index (χ3v) is 6.66. The highest BCUT2D eigenvalue weighted by atomic mass is 32.2. The van der Waals surface area contributed by atoms with Crippen molar-refractivity contribution in [2.24, 2.45) is 5.92 Å². The van der Waals surface area contributed by atoms with E-state index in [2.05, 4.69) is 19.2 Å². The highest BCUT2D eigenvalue weighted by Crippen LogP contribution is 2.27. The van der Waals surface area contributed by atoms with Crippen molar-refractivity contribution in [1.29, 1.82) is 0 Å². The number of carbonyl (C=O) groups is 1. The zero-order chi connectivity index (χ0) is 19.2. The molecule has 0 atom stereocenters. The van der Waals surface area contributed by atoms with Gasteiger partial charge in [-0.2, -0.15) is 4.31 Å². The molecule has 0 spiro atoms. The zero-order valence-corrected chi connectivity index (χ0v) is 16.4. The summed E-state index contributed by atoms with van der Waals surface area (Å²) in [6.07, 6.45) is 5.34. The van der Waals surface area contributed by atoms with Gasteiger partial charge in [-0.05, 0) is 49.4 Å². The van der Waals surface area contributed by atoms with Gasteiger partial charge in [0.05, 0.1) is 11.4 Å². The Morgan fingerprint density at radius 3 is 2.38 bits per heavy atom. The molecule has 146 valence electrons. The highest BCUT2D eigenvalue weighted by Gasteiger charge is 2.33. The van der Waals surface area contributed by atoms with E-state index in [4.69, 9.17) is 0 Å². The van der Waals surface area contributed by atoms with Gasteiger partial charge in [-0.25, -0.2) is 12.8 Å². The average molecular weight is 385 g/mol. The summed E-state index contributed by atoms with van der Waals surface area (Å²) in [6, 6.07) is 4.60. The second-order valence-corrected chi connectivity index (χ2v) is 9.22. The molecule has 5 nitrogen and oxygen atoms in total. The molecule has 1 aromatic carbocycles. The molecule has 1 fully saturated rings. The van der Waals surface area contributed by atoms with Gasteiger partial charge in [0, 0.05) is 12.6 Å². The fraction of sp³-hybridized carbons (Fsp3) is 0.632. The molecule has 0 heterocycles. The molecule has 1 aliphatic rings. The van der Waals surface area contributed by atoms with Crippen LogP contribution in [0.5, 0.6) is 0 Å². The first-order chi connectivity index (χ1) is 12.3. The lowest BCUT2D eigenvalue weighted by molar-refractivity contribution is -0.121. The maximum atomic E-state index is 13.2. The summed E-state index contributed by atoms with van der Waals surface area (Å²) in [6.45, 7) is 4.48. The van der Waals surface area contributed by atoms with Gasteiger partial charge in [-0.1, -0.05) is 33.1 Å². The average Bonchev–Trinajstić information content (AvgIpc) is 2.60. The van der Waals surface area contributed by atoms with Crippen molar-refractivity contribution in [2.45, 2.75) is 63.3 Å². The van der Waals surface area contributed by atoms with Crippen LogP contribution in [0, 0.1) is 11.7 Å². The van der Waals surface area contributed by atoms with Crippen LogP contribution in [0.4, 0.5) is 4.39 Å². The van der Waals surface area contributed by atoms with Crippen molar-refractivity contribution < 1.29 is 17.6 Å². The Morgan fingerprint density at radius 2 is 1.81 bits per heavy atom. The summed E-state index contributed by atoms with van der Waals surface area (Å²) in [5.41, 5.74) is 0. The second kappa shape index (κ2) is 9.46. The van der Waals surface area contributed by atoms with E-state index in [1.54, 1.807) is 0 Å². The Morgan fingerprint density at radius 1 is 1.19 bits per heavy atom. The molecule has 0 unspecified atom stereocenters. The van der Waals surface area contributed by atoms with E-state index in [0.717, 1.165) is 50.7 Å². The Hall–Kier alpha value is -1.47. The van der Waals surface area contributed by atoms with Crippen molar-refractivity contribution in [3.8, 4) is 0 Å². The molecule has 0 aliphatic heterocycles. The number of carbonyl (C=O) groups excluding carboxylic acids is 1. The minimum atomic E-state index is -3.85. The fourth-order valence-electron chi connectivity index (χ4n) is 3.22. The molecule has 0 radical (unpaired) electrons. The topological polar surface area (TPSA) is 66.5 Å². The highest BCUT2D eigenvalue weighted by molar-refractivity contribution is 7.89. The third-order valence-electron chi connectivity index (χ3n) is 4.75. The Kier molecular flexibility index (Phi) is 7.58. The van der Waals surface area contributed by atoms with E-state index in [0.29, 0.717) is 12.5 Å². The van der Waals surface area contributed by atoms with Gasteiger partial charge in [0.1, 0.15) is 5.82 Å². The SMILES string of the molecule is CC(C)CCNC(=O)CN(C1CCCCC1)S(=O)(=O)c1ccc(F)cc1. The van der Waals surface area contributed by atoms with E-state index in [1.165, 1.54) is 16.4 Å². The van der Waals surface area contributed by atoms with Crippen molar-refractivity contribution in [3.63, 3.8) is 0 Å². The predicted molar refractivity (Wildman–Crippen MR) is 99.6 cm³/mol. The smallest absolute Gasteiger partial charge is 0.243 e. The quantitative estimate of drug-likeness (QED) is 0.748. The lowest BCUT2D eigenvalue weighted by Crippen LogP contribution is -2.47. The summed E-state index contributed by atoms with van der Waals surface area (Å²) in [5, 5.41) is 2.81. The summed E-state index contributed by atoms with van der Waals surface area (Å²) < 4.78 is 40.7. The monoisotopic (exact) mass is 384 g/mol. The van der Waals surface area contributed by atoms with Crippen LogP contribution < -0.4 is 5.32 Å². The molecule has 1 saturated carbocycles. The van der Waals surface area contributed by atoms with Crippen LogP contribution in [0.15, 0.2) is 29.2 Å². The largest absolute Gasteiger partial charge is 0.355 e. The first-order valence-electron chi connectivity index (χ1n) is 9.35. The molecular weight excluding hydrogens is 355 g/mol. The predicted octanol–water partition coefficient (Wildman–Crippen LogP) is 3.31. The maximum absolute atomic E-state index is 13.2. The first kappa shape index (κ1) is 20.8. The summed E-state index contributed by atoms with van der Waals surface area (Å²) in [7, 11) is -3.85. The number of benzene rings is 1. The molecule has 0 aromatic heterocycles. The van der Waals surface area contributed by atoms with E-state index in [9.17, 15) is 17.6 Å². The zero-order valence-electron chi connectivity index (χ0n) is 15.6. The molecule has 2 rings (SSSR count). The molecule has 0 bridgehead atoms. The molecule has 1 N–H and O–H groups in total. The van der Waals surface area contributed by atoms with Crippen LogP contribution in [0.3, 0.4) is 0 Å². The van der Waals surface area contributed by atoms with Crippen molar-refractivity contribution >= 4 is 15.9 Å². The second-order valence-electron chi connectivity index (χ2n) is 7.33. The van der Waals surface area contributed by atoms with Gasteiger partial charge in [-0.15, -0.1) is 0 Å². The van der Waals surface area contributed by atoms with Crippen LogP contribution >= 0.6 is 0 Å². The van der Waals surface area contributed by atoms with Crippen molar-refractivity contribution in [2.75, 3.05) is 13.1 Å². The first-order valence-corrected chi connectivity index (χ1v) is 10.8. The van der Waals surface area contributed by atoms with Gasteiger partial charge in [-0.3, -0.25) is 4.79 Å². The van der Waals surface area contributed by atoms with Gasteiger partial charge in [0.2, 0.25) is 15.9 Å². The normalized spacial score (nSPS) is 16.2. The van der Waals surface area contributed by atoms with Crippen LogP contribution in [0.25, 0.3) is 0 Å². The molecule has 0 saturated heterocycles. The third kappa shape index (κ3) is 5.77. The fourth-order valence-corrected chi connectivity index (χ4v) is 4.86. The number of hydrogen-bond acceptors (Lipinski definition) is 3. The lowest BCUT2D eigenvalue weighted by atomic mass is 9.95. The number of rotatable bonds is 8. The van der Waals surface area contributed by atoms with Crippen molar-refractivity contribution in [3.05, 3.63) is 30.1 Å². The van der Waals surface area contributed by atoms with Crippen LogP contribution in [-0.4, -0.2) is 37.8 Å².